The van der Waals surface area contributed by atoms with Crippen molar-refractivity contribution in [2.24, 2.45) is 10.9 Å². The van der Waals surface area contributed by atoms with Gasteiger partial charge in [0, 0.05) is 51.2 Å². The van der Waals surface area contributed by atoms with E-state index >= 15 is 0 Å². The molecule has 0 amide bonds. The molecule has 0 bridgehead atoms. The van der Waals surface area contributed by atoms with Crippen LogP contribution in [0, 0.1) is 5.92 Å². The average Bonchev–Trinajstić information content (AvgIpc) is 3.29. The SMILES string of the molecule is CCNC(=NCc1ccc(Cn2ccnc2)cc1)NCC(CC(C)C)N1CCOCC1. The molecule has 1 aromatic carbocycles. The highest BCUT2D eigenvalue weighted by Gasteiger charge is 2.22. The van der Waals surface area contributed by atoms with Crippen LogP contribution in [0.15, 0.2) is 48.0 Å². The Hall–Kier alpha value is -2.38. The van der Waals surface area contributed by atoms with Gasteiger partial charge >= 0.3 is 0 Å². The number of nitrogens with zero attached hydrogens (tertiary/aromatic N) is 4. The Morgan fingerprint density at radius 2 is 1.87 bits per heavy atom. The monoisotopic (exact) mass is 426 g/mol. The molecular formula is C24H38N6O. The summed E-state index contributed by atoms with van der Waals surface area (Å²) in [5.74, 6) is 1.54. The van der Waals surface area contributed by atoms with Crippen LogP contribution in [0.4, 0.5) is 0 Å². The molecule has 7 heteroatoms. The van der Waals surface area contributed by atoms with Crippen molar-refractivity contribution in [3.8, 4) is 0 Å². The van der Waals surface area contributed by atoms with Crippen LogP contribution >= 0.6 is 0 Å². The molecule has 1 aromatic heterocycles. The van der Waals surface area contributed by atoms with Gasteiger partial charge in [0.25, 0.3) is 0 Å². The first-order chi connectivity index (χ1) is 15.1. The molecule has 7 nitrogen and oxygen atoms in total. The van der Waals surface area contributed by atoms with Crippen molar-refractivity contribution in [3.05, 3.63) is 54.1 Å². The van der Waals surface area contributed by atoms with Crippen LogP contribution in [0.1, 0.15) is 38.3 Å². The van der Waals surface area contributed by atoms with Crippen molar-refractivity contribution in [2.75, 3.05) is 39.4 Å². The highest BCUT2D eigenvalue weighted by Crippen LogP contribution is 2.13. The number of morpholine rings is 1. The van der Waals surface area contributed by atoms with Gasteiger partial charge in [-0.3, -0.25) is 4.90 Å². The molecule has 3 rings (SSSR count). The van der Waals surface area contributed by atoms with Gasteiger partial charge in [-0.05, 0) is 30.4 Å². The molecule has 2 aromatic rings. The molecule has 0 spiro atoms. The molecule has 2 N–H and O–H groups in total. The minimum atomic E-state index is 0.496. The highest BCUT2D eigenvalue weighted by molar-refractivity contribution is 5.79. The molecule has 1 saturated heterocycles. The Bertz CT molecular complexity index is 766. The normalized spacial score (nSPS) is 16.5. The van der Waals surface area contributed by atoms with Crippen LogP contribution in [-0.4, -0.2) is 65.8 Å². The van der Waals surface area contributed by atoms with Crippen molar-refractivity contribution < 1.29 is 4.74 Å². The molecule has 31 heavy (non-hydrogen) atoms. The number of aromatic nitrogens is 2. The van der Waals surface area contributed by atoms with Crippen LogP contribution in [0.25, 0.3) is 0 Å². The van der Waals surface area contributed by atoms with Gasteiger partial charge < -0.3 is 19.9 Å². The fraction of sp³-hybridized carbons (Fsp3) is 0.583. The second-order valence-corrected chi connectivity index (χ2v) is 8.56. The Morgan fingerprint density at radius 1 is 1.13 bits per heavy atom. The van der Waals surface area contributed by atoms with Gasteiger partial charge in [-0.25, -0.2) is 9.98 Å². The van der Waals surface area contributed by atoms with E-state index in [0.717, 1.165) is 51.9 Å². The quantitative estimate of drug-likeness (QED) is 0.452. The summed E-state index contributed by atoms with van der Waals surface area (Å²) in [4.78, 5) is 11.5. The number of nitrogens with one attached hydrogen (secondary N) is 2. The number of guanidine groups is 1. The third-order valence-electron chi connectivity index (χ3n) is 5.52. The average molecular weight is 427 g/mol. The number of benzene rings is 1. The van der Waals surface area contributed by atoms with Gasteiger partial charge in [-0.15, -0.1) is 0 Å². The maximum Gasteiger partial charge on any atom is 0.191 e. The maximum atomic E-state index is 5.54. The molecule has 0 radical (unpaired) electrons. The Kier molecular flexibility index (Phi) is 9.37. The van der Waals surface area contributed by atoms with Crippen LogP contribution in [0.2, 0.25) is 0 Å². The summed E-state index contributed by atoms with van der Waals surface area (Å²) in [5.41, 5.74) is 2.47. The Labute approximate surface area is 186 Å². The number of rotatable bonds is 10. The number of ether oxygens (including phenoxy) is 1. The van der Waals surface area contributed by atoms with E-state index in [9.17, 15) is 0 Å². The summed E-state index contributed by atoms with van der Waals surface area (Å²) in [5, 5.41) is 6.97. The van der Waals surface area contributed by atoms with Gasteiger partial charge in [0.1, 0.15) is 0 Å². The molecule has 1 unspecified atom stereocenters. The fourth-order valence-corrected chi connectivity index (χ4v) is 3.92. The van der Waals surface area contributed by atoms with Crippen molar-refractivity contribution in [1.29, 1.82) is 0 Å². The number of imidazole rings is 1. The summed E-state index contributed by atoms with van der Waals surface area (Å²) in [6, 6.07) is 9.16. The molecule has 1 fully saturated rings. The number of aliphatic imine (C=N–C) groups is 1. The molecular weight excluding hydrogens is 388 g/mol. The summed E-state index contributed by atoms with van der Waals surface area (Å²) >= 11 is 0. The summed E-state index contributed by atoms with van der Waals surface area (Å²) in [7, 11) is 0. The lowest BCUT2D eigenvalue weighted by molar-refractivity contribution is 0.0132. The van der Waals surface area contributed by atoms with Crippen LogP contribution < -0.4 is 10.6 Å². The third kappa shape index (κ3) is 7.99. The van der Waals surface area contributed by atoms with E-state index in [1.165, 1.54) is 17.5 Å². The first kappa shape index (κ1) is 23.3. The van der Waals surface area contributed by atoms with Crippen molar-refractivity contribution in [3.63, 3.8) is 0 Å². The zero-order valence-corrected chi connectivity index (χ0v) is 19.3. The van der Waals surface area contributed by atoms with Crippen molar-refractivity contribution in [1.82, 2.24) is 25.1 Å². The standard InChI is InChI=1S/C24H38N6O/c1-4-26-24(28-17-23(15-20(2)3)30-11-13-31-14-12-30)27-16-21-5-7-22(8-6-21)18-29-10-9-25-19-29/h5-10,19-20,23H,4,11-18H2,1-3H3,(H2,26,27,28). The first-order valence-corrected chi connectivity index (χ1v) is 11.5. The smallest absolute Gasteiger partial charge is 0.191 e. The van der Waals surface area contributed by atoms with Crippen LogP contribution in [0.3, 0.4) is 0 Å². The highest BCUT2D eigenvalue weighted by atomic mass is 16.5. The molecule has 1 aliphatic heterocycles. The summed E-state index contributed by atoms with van der Waals surface area (Å²) in [6.07, 6.45) is 6.81. The number of hydrogen-bond acceptors (Lipinski definition) is 4. The van der Waals surface area contributed by atoms with E-state index in [0.29, 0.717) is 18.5 Å². The zero-order valence-electron chi connectivity index (χ0n) is 19.3. The largest absolute Gasteiger partial charge is 0.379 e. The lowest BCUT2D eigenvalue weighted by Gasteiger charge is -2.35. The summed E-state index contributed by atoms with van der Waals surface area (Å²) < 4.78 is 7.61. The first-order valence-electron chi connectivity index (χ1n) is 11.5. The van der Waals surface area contributed by atoms with Gasteiger partial charge in [0.15, 0.2) is 5.96 Å². The van der Waals surface area contributed by atoms with Crippen LogP contribution in [0.5, 0.6) is 0 Å². The Morgan fingerprint density at radius 3 is 2.52 bits per heavy atom. The van der Waals surface area contributed by atoms with E-state index in [-0.39, 0.29) is 0 Å². The van der Waals surface area contributed by atoms with Gasteiger partial charge in [0.05, 0.1) is 26.1 Å². The minimum absolute atomic E-state index is 0.496. The predicted octanol–water partition coefficient (Wildman–Crippen LogP) is 2.73. The lowest BCUT2D eigenvalue weighted by atomic mass is 10.0. The van der Waals surface area contributed by atoms with Gasteiger partial charge in [-0.1, -0.05) is 38.1 Å². The van der Waals surface area contributed by atoms with Crippen molar-refractivity contribution in [2.45, 2.75) is 46.3 Å². The molecule has 2 heterocycles. The van der Waals surface area contributed by atoms with Crippen LogP contribution in [-0.2, 0) is 17.8 Å². The summed E-state index contributed by atoms with van der Waals surface area (Å²) in [6.45, 7) is 13.6. The van der Waals surface area contributed by atoms with Crippen molar-refractivity contribution >= 4 is 5.96 Å². The molecule has 170 valence electrons. The second kappa shape index (κ2) is 12.5. The van der Waals surface area contributed by atoms with E-state index in [1.54, 1.807) is 0 Å². The maximum absolute atomic E-state index is 5.54. The molecule has 1 aliphatic rings. The van der Waals surface area contributed by atoms with E-state index in [4.69, 9.17) is 9.73 Å². The van der Waals surface area contributed by atoms with E-state index < -0.39 is 0 Å². The second-order valence-electron chi connectivity index (χ2n) is 8.56. The third-order valence-corrected chi connectivity index (χ3v) is 5.52. The van der Waals surface area contributed by atoms with Gasteiger partial charge in [-0.2, -0.15) is 0 Å². The lowest BCUT2D eigenvalue weighted by Crippen LogP contribution is -2.51. The Balaban J connectivity index is 1.55. The predicted molar refractivity (Wildman–Crippen MR) is 126 cm³/mol. The van der Waals surface area contributed by atoms with Gasteiger partial charge in [0.2, 0.25) is 0 Å². The molecule has 0 saturated carbocycles. The molecule has 1 atom stereocenters. The molecule has 0 aliphatic carbocycles. The van der Waals surface area contributed by atoms with E-state index in [1.807, 2.05) is 18.7 Å². The topological polar surface area (TPSA) is 66.7 Å². The fourth-order valence-electron chi connectivity index (χ4n) is 3.92. The van der Waals surface area contributed by atoms with E-state index in [2.05, 4.69) is 70.1 Å². The number of hydrogen-bond donors (Lipinski definition) is 2. The minimum Gasteiger partial charge on any atom is -0.379 e. The zero-order chi connectivity index (χ0) is 21.9.